The van der Waals surface area contributed by atoms with Crippen molar-refractivity contribution < 1.29 is 14.1 Å². The molecule has 0 saturated carbocycles. The smallest absolute Gasteiger partial charge is 0.269 e. The minimum Gasteiger partial charge on any atom is -0.457 e. The molecule has 1 amide bonds. The molecule has 0 fully saturated rings. The Hall–Kier alpha value is -3.32. The highest BCUT2D eigenvalue weighted by molar-refractivity contribution is 8.04. The van der Waals surface area contributed by atoms with Gasteiger partial charge in [-0.15, -0.1) is 0 Å². The SMILES string of the molecule is O=C1Nc2ccccc2S/C1=C\c1ccc(-c2ccc([N+](=O)[O-])cc2)o1. The minimum atomic E-state index is -0.446. The fourth-order valence-electron chi connectivity index (χ4n) is 2.56. The Balaban J connectivity index is 1.59. The molecule has 128 valence electrons. The number of rotatable bonds is 3. The van der Waals surface area contributed by atoms with Gasteiger partial charge >= 0.3 is 0 Å². The van der Waals surface area contributed by atoms with Crippen molar-refractivity contribution in [2.75, 3.05) is 5.32 Å². The molecule has 3 aromatic rings. The molecule has 26 heavy (non-hydrogen) atoms. The molecule has 4 rings (SSSR count). The lowest BCUT2D eigenvalue weighted by Crippen LogP contribution is -2.16. The van der Waals surface area contributed by atoms with Gasteiger partial charge in [-0.2, -0.15) is 0 Å². The number of amides is 1. The summed E-state index contributed by atoms with van der Waals surface area (Å²) in [6.45, 7) is 0. The lowest BCUT2D eigenvalue weighted by molar-refractivity contribution is -0.384. The lowest BCUT2D eigenvalue weighted by atomic mass is 10.1. The molecule has 2 heterocycles. The van der Waals surface area contributed by atoms with Crippen molar-refractivity contribution in [1.29, 1.82) is 0 Å². The average molecular weight is 364 g/mol. The number of nitrogens with zero attached hydrogens (tertiary/aromatic N) is 1. The van der Waals surface area contributed by atoms with E-state index in [1.165, 1.54) is 23.9 Å². The number of anilines is 1. The number of non-ortho nitro benzene ring substituents is 1. The standard InChI is InChI=1S/C19H12N2O4S/c22-19-18(26-17-4-2-1-3-15(17)20-19)11-14-9-10-16(25-14)12-5-7-13(8-6-12)21(23)24/h1-11H,(H,20,22)/b18-11-. The number of nitrogens with one attached hydrogen (secondary N) is 1. The van der Waals surface area contributed by atoms with Crippen LogP contribution < -0.4 is 5.32 Å². The van der Waals surface area contributed by atoms with Gasteiger partial charge in [-0.05, 0) is 36.4 Å². The molecule has 2 aromatic carbocycles. The fourth-order valence-corrected chi connectivity index (χ4v) is 3.50. The summed E-state index contributed by atoms with van der Waals surface area (Å²) in [5.41, 5.74) is 1.55. The maximum absolute atomic E-state index is 12.2. The van der Waals surface area contributed by atoms with Gasteiger partial charge in [0.2, 0.25) is 0 Å². The van der Waals surface area contributed by atoms with Crippen LogP contribution in [-0.4, -0.2) is 10.8 Å². The maximum Gasteiger partial charge on any atom is 0.269 e. The summed E-state index contributed by atoms with van der Waals surface area (Å²) in [5, 5.41) is 13.6. The van der Waals surface area contributed by atoms with E-state index in [0.29, 0.717) is 16.4 Å². The number of fused-ring (bicyclic) bond motifs is 1. The molecule has 0 unspecified atom stereocenters. The highest BCUT2D eigenvalue weighted by atomic mass is 32.2. The normalized spacial score (nSPS) is 14.8. The van der Waals surface area contributed by atoms with Crippen molar-refractivity contribution in [2.24, 2.45) is 0 Å². The highest BCUT2D eigenvalue weighted by Crippen LogP contribution is 2.39. The van der Waals surface area contributed by atoms with Gasteiger partial charge in [0.1, 0.15) is 11.5 Å². The Morgan fingerprint density at radius 2 is 1.81 bits per heavy atom. The van der Waals surface area contributed by atoms with Crippen LogP contribution in [0.25, 0.3) is 17.4 Å². The third-order valence-corrected chi connectivity index (χ3v) is 4.94. The molecule has 1 N–H and O–H groups in total. The van der Waals surface area contributed by atoms with E-state index in [2.05, 4.69) is 5.32 Å². The van der Waals surface area contributed by atoms with Crippen molar-refractivity contribution in [2.45, 2.75) is 4.90 Å². The Labute approximate surface area is 152 Å². The molecule has 0 atom stereocenters. The van der Waals surface area contributed by atoms with E-state index in [1.807, 2.05) is 24.3 Å². The number of furan rings is 1. The Kier molecular flexibility index (Phi) is 4.06. The summed E-state index contributed by atoms with van der Waals surface area (Å²) < 4.78 is 5.77. The van der Waals surface area contributed by atoms with Crippen LogP contribution in [0.4, 0.5) is 11.4 Å². The number of benzene rings is 2. The summed E-state index contributed by atoms with van der Waals surface area (Å²) >= 11 is 1.38. The molecule has 1 aliphatic heterocycles. The van der Waals surface area contributed by atoms with Crippen molar-refractivity contribution in [3.63, 3.8) is 0 Å². The third-order valence-electron chi connectivity index (χ3n) is 3.84. The number of hydrogen-bond donors (Lipinski definition) is 1. The molecular formula is C19H12N2O4S. The van der Waals surface area contributed by atoms with E-state index in [4.69, 9.17) is 4.42 Å². The summed E-state index contributed by atoms with van der Waals surface area (Å²) in [6.07, 6.45) is 1.69. The van der Waals surface area contributed by atoms with E-state index in [0.717, 1.165) is 16.1 Å². The topological polar surface area (TPSA) is 85.4 Å². The molecule has 0 aliphatic carbocycles. The number of nitro groups is 1. The van der Waals surface area contributed by atoms with E-state index in [-0.39, 0.29) is 11.6 Å². The van der Waals surface area contributed by atoms with Crippen LogP contribution in [-0.2, 0) is 4.79 Å². The van der Waals surface area contributed by atoms with Crippen LogP contribution in [0.2, 0.25) is 0 Å². The van der Waals surface area contributed by atoms with Gasteiger partial charge in [-0.25, -0.2) is 0 Å². The first-order valence-electron chi connectivity index (χ1n) is 7.75. The van der Waals surface area contributed by atoms with E-state index in [9.17, 15) is 14.9 Å². The molecule has 6 nitrogen and oxygen atoms in total. The van der Waals surface area contributed by atoms with E-state index in [1.54, 1.807) is 30.3 Å². The van der Waals surface area contributed by atoms with Crippen molar-refractivity contribution in [1.82, 2.24) is 0 Å². The quantitative estimate of drug-likeness (QED) is 0.404. The number of hydrogen-bond acceptors (Lipinski definition) is 5. The summed E-state index contributed by atoms with van der Waals surface area (Å²) in [4.78, 5) is 24.0. The summed E-state index contributed by atoms with van der Waals surface area (Å²) in [5.74, 6) is 0.936. The van der Waals surface area contributed by atoms with Crippen LogP contribution in [0, 0.1) is 10.1 Å². The second kappa shape index (κ2) is 6.53. The zero-order valence-electron chi connectivity index (χ0n) is 13.3. The van der Waals surface area contributed by atoms with Crippen molar-refractivity contribution in [3.05, 3.63) is 81.4 Å². The monoisotopic (exact) mass is 364 g/mol. The van der Waals surface area contributed by atoms with Gasteiger partial charge in [0, 0.05) is 28.7 Å². The third kappa shape index (κ3) is 3.12. The average Bonchev–Trinajstić information content (AvgIpc) is 3.11. The zero-order chi connectivity index (χ0) is 18.1. The molecule has 0 bridgehead atoms. The molecule has 7 heteroatoms. The summed E-state index contributed by atoms with van der Waals surface area (Å²) in [7, 11) is 0. The molecule has 0 radical (unpaired) electrons. The number of nitro benzene ring substituents is 1. The summed E-state index contributed by atoms with van der Waals surface area (Å²) in [6, 6.07) is 17.2. The predicted molar refractivity (Wildman–Crippen MR) is 99.7 cm³/mol. The first-order valence-corrected chi connectivity index (χ1v) is 8.56. The van der Waals surface area contributed by atoms with Crippen LogP contribution in [0.5, 0.6) is 0 Å². The van der Waals surface area contributed by atoms with Crippen molar-refractivity contribution >= 4 is 35.1 Å². The van der Waals surface area contributed by atoms with Crippen LogP contribution in [0.1, 0.15) is 5.76 Å². The van der Waals surface area contributed by atoms with Crippen LogP contribution in [0.15, 0.2) is 74.9 Å². The largest absolute Gasteiger partial charge is 0.457 e. The Bertz CT molecular complexity index is 1040. The number of carbonyl (C=O) groups is 1. The van der Waals surface area contributed by atoms with Gasteiger partial charge in [0.05, 0.1) is 15.5 Å². The molecule has 1 aliphatic rings. The van der Waals surface area contributed by atoms with Gasteiger partial charge < -0.3 is 9.73 Å². The van der Waals surface area contributed by atoms with Crippen molar-refractivity contribution in [3.8, 4) is 11.3 Å². The number of thioether (sulfide) groups is 1. The highest BCUT2D eigenvalue weighted by Gasteiger charge is 2.21. The second-order valence-electron chi connectivity index (χ2n) is 5.57. The molecule has 0 spiro atoms. The lowest BCUT2D eigenvalue weighted by Gasteiger charge is -2.17. The first-order chi connectivity index (χ1) is 12.6. The van der Waals surface area contributed by atoms with E-state index < -0.39 is 4.92 Å². The molecular weight excluding hydrogens is 352 g/mol. The fraction of sp³-hybridized carbons (Fsp3) is 0. The second-order valence-corrected chi connectivity index (χ2v) is 6.65. The van der Waals surface area contributed by atoms with Gasteiger partial charge in [0.25, 0.3) is 11.6 Å². The maximum atomic E-state index is 12.2. The van der Waals surface area contributed by atoms with Crippen LogP contribution >= 0.6 is 11.8 Å². The van der Waals surface area contributed by atoms with Gasteiger partial charge in [0.15, 0.2) is 0 Å². The minimum absolute atomic E-state index is 0.0246. The predicted octanol–water partition coefficient (Wildman–Crippen LogP) is 4.94. The van der Waals surface area contributed by atoms with E-state index >= 15 is 0 Å². The Morgan fingerprint density at radius 1 is 1.04 bits per heavy atom. The van der Waals surface area contributed by atoms with Gasteiger partial charge in [-0.3, -0.25) is 14.9 Å². The molecule has 1 aromatic heterocycles. The number of para-hydroxylation sites is 1. The van der Waals surface area contributed by atoms with Crippen LogP contribution in [0.3, 0.4) is 0 Å². The molecule has 0 saturated heterocycles. The first kappa shape index (κ1) is 16.2. The number of carbonyl (C=O) groups excluding carboxylic acids is 1. The zero-order valence-corrected chi connectivity index (χ0v) is 14.2. The Morgan fingerprint density at radius 3 is 2.58 bits per heavy atom. The van der Waals surface area contributed by atoms with Gasteiger partial charge in [-0.1, -0.05) is 23.9 Å².